The van der Waals surface area contributed by atoms with Gasteiger partial charge in [0.05, 0.1) is 5.56 Å². The molecule has 3 rings (SSSR count). The summed E-state index contributed by atoms with van der Waals surface area (Å²) < 4.78 is 0. The van der Waals surface area contributed by atoms with E-state index >= 15 is 0 Å². The number of amides is 2. The summed E-state index contributed by atoms with van der Waals surface area (Å²) in [6, 6.07) is 5.62. The number of benzene rings is 1. The van der Waals surface area contributed by atoms with E-state index in [2.05, 4.69) is 17.6 Å². The second-order valence-electron chi connectivity index (χ2n) is 7.20. The second kappa shape index (κ2) is 7.78. The highest BCUT2D eigenvalue weighted by Gasteiger charge is 2.27. The standard InChI is InChI=1S/C20H23N3O2S2/c1-10-4-5-14-15(9-10)27-19(16(14)17(21)24)23-20(26)22-18(25)13-7-11(2)6-12(3)8-13/h6-8,10H,4-5,9H2,1-3H3,(H2,21,24)(H2,22,23,25,26)/t10-/m1/s1. The van der Waals surface area contributed by atoms with Crippen molar-refractivity contribution in [1.29, 1.82) is 0 Å². The molecule has 0 saturated heterocycles. The highest BCUT2D eigenvalue weighted by Crippen LogP contribution is 2.39. The molecule has 0 aliphatic heterocycles. The van der Waals surface area contributed by atoms with Gasteiger partial charge in [-0.1, -0.05) is 24.1 Å². The third-order valence-electron chi connectivity index (χ3n) is 4.70. The Labute approximate surface area is 168 Å². The highest BCUT2D eigenvalue weighted by atomic mass is 32.1. The van der Waals surface area contributed by atoms with Crippen molar-refractivity contribution in [2.75, 3.05) is 5.32 Å². The van der Waals surface area contributed by atoms with E-state index in [-0.39, 0.29) is 11.0 Å². The molecule has 1 aromatic carbocycles. The Morgan fingerprint density at radius 1 is 1.22 bits per heavy atom. The molecule has 0 spiro atoms. The van der Waals surface area contributed by atoms with E-state index in [9.17, 15) is 9.59 Å². The van der Waals surface area contributed by atoms with Crippen molar-refractivity contribution in [3.8, 4) is 0 Å². The van der Waals surface area contributed by atoms with Crippen LogP contribution in [-0.2, 0) is 12.8 Å². The van der Waals surface area contributed by atoms with E-state index in [1.54, 1.807) is 0 Å². The van der Waals surface area contributed by atoms with E-state index in [1.165, 1.54) is 16.2 Å². The molecule has 2 amide bonds. The maximum Gasteiger partial charge on any atom is 0.257 e. The second-order valence-corrected chi connectivity index (χ2v) is 8.72. The van der Waals surface area contributed by atoms with Crippen LogP contribution in [0.2, 0.25) is 0 Å². The molecule has 7 heteroatoms. The summed E-state index contributed by atoms with van der Waals surface area (Å²) in [5.41, 5.74) is 9.71. The van der Waals surface area contributed by atoms with Gasteiger partial charge < -0.3 is 11.1 Å². The number of rotatable bonds is 3. The highest BCUT2D eigenvalue weighted by molar-refractivity contribution is 7.80. The van der Waals surface area contributed by atoms with E-state index in [4.69, 9.17) is 18.0 Å². The molecule has 1 atom stereocenters. The lowest BCUT2D eigenvalue weighted by Crippen LogP contribution is -2.34. The molecule has 0 unspecified atom stereocenters. The van der Waals surface area contributed by atoms with Gasteiger partial charge in [0, 0.05) is 10.4 Å². The van der Waals surface area contributed by atoms with Crippen molar-refractivity contribution in [1.82, 2.24) is 5.32 Å². The summed E-state index contributed by atoms with van der Waals surface area (Å²) in [7, 11) is 0. The average molecular weight is 402 g/mol. The Kier molecular flexibility index (Phi) is 5.62. The molecular weight excluding hydrogens is 378 g/mol. The maximum atomic E-state index is 12.5. The lowest BCUT2D eigenvalue weighted by molar-refractivity contribution is 0.0975. The molecule has 1 aromatic heterocycles. The SMILES string of the molecule is Cc1cc(C)cc(C(=O)NC(=S)Nc2sc3c(c2C(N)=O)CC[C@@H](C)C3)c1. The van der Waals surface area contributed by atoms with Gasteiger partial charge in [-0.25, -0.2) is 0 Å². The van der Waals surface area contributed by atoms with Gasteiger partial charge >= 0.3 is 0 Å². The summed E-state index contributed by atoms with van der Waals surface area (Å²) >= 11 is 6.80. The predicted octanol–water partition coefficient (Wildman–Crippen LogP) is 3.72. The van der Waals surface area contributed by atoms with Gasteiger partial charge in [0.1, 0.15) is 5.00 Å². The zero-order valence-corrected chi connectivity index (χ0v) is 17.3. The largest absolute Gasteiger partial charge is 0.365 e. The number of carbonyl (C=O) groups is 2. The van der Waals surface area contributed by atoms with Gasteiger partial charge in [0.15, 0.2) is 5.11 Å². The van der Waals surface area contributed by atoms with Crippen molar-refractivity contribution >= 4 is 45.5 Å². The summed E-state index contributed by atoms with van der Waals surface area (Å²) in [6.45, 7) is 6.09. The monoisotopic (exact) mass is 401 g/mol. The summed E-state index contributed by atoms with van der Waals surface area (Å²) in [4.78, 5) is 25.6. The van der Waals surface area contributed by atoms with Gasteiger partial charge in [-0.2, -0.15) is 0 Å². The third kappa shape index (κ3) is 4.36. The molecular formula is C20H23N3O2S2. The fourth-order valence-electron chi connectivity index (χ4n) is 3.51. The summed E-state index contributed by atoms with van der Waals surface area (Å²) in [5.74, 6) is -0.163. The van der Waals surface area contributed by atoms with Crippen LogP contribution in [0.4, 0.5) is 5.00 Å². The van der Waals surface area contributed by atoms with E-state index in [1.807, 2.05) is 32.0 Å². The Balaban J connectivity index is 1.78. The van der Waals surface area contributed by atoms with Crippen LogP contribution in [0.15, 0.2) is 18.2 Å². The molecule has 27 heavy (non-hydrogen) atoms. The number of nitrogens with two attached hydrogens (primary N) is 1. The lowest BCUT2D eigenvalue weighted by Gasteiger charge is -2.18. The number of anilines is 1. The first-order valence-corrected chi connectivity index (χ1v) is 10.1. The van der Waals surface area contributed by atoms with Crippen LogP contribution in [-0.4, -0.2) is 16.9 Å². The number of primary amides is 1. The number of thiophene rings is 1. The number of nitrogens with one attached hydrogen (secondary N) is 2. The number of hydrogen-bond donors (Lipinski definition) is 3. The molecule has 1 aliphatic rings. The molecule has 0 radical (unpaired) electrons. The number of thiocarbonyl (C=S) groups is 1. The fraction of sp³-hybridized carbons (Fsp3) is 0.350. The number of carbonyl (C=O) groups excluding carboxylic acids is 2. The molecule has 4 N–H and O–H groups in total. The van der Waals surface area contributed by atoms with Gasteiger partial charge in [0.25, 0.3) is 11.8 Å². The van der Waals surface area contributed by atoms with Crippen molar-refractivity contribution in [3.05, 3.63) is 50.9 Å². The molecule has 5 nitrogen and oxygen atoms in total. The van der Waals surface area contributed by atoms with Crippen molar-refractivity contribution < 1.29 is 9.59 Å². The number of aryl methyl sites for hydroxylation is 2. The van der Waals surface area contributed by atoms with Crippen LogP contribution in [0.25, 0.3) is 0 Å². The van der Waals surface area contributed by atoms with Crippen LogP contribution in [0.5, 0.6) is 0 Å². The summed E-state index contributed by atoms with van der Waals surface area (Å²) in [5, 5.41) is 6.48. The quantitative estimate of drug-likeness (QED) is 0.685. The van der Waals surface area contributed by atoms with Crippen LogP contribution in [0.1, 0.15) is 55.6 Å². The number of hydrogen-bond acceptors (Lipinski definition) is 4. The minimum atomic E-state index is -0.465. The first kappa shape index (κ1) is 19.5. The Hall–Kier alpha value is -2.25. The Bertz CT molecular complexity index is 913. The van der Waals surface area contributed by atoms with Gasteiger partial charge in [-0.3, -0.25) is 14.9 Å². The van der Waals surface area contributed by atoms with Crippen LogP contribution < -0.4 is 16.4 Å². The van der Waals surface area contributed by atoms with Crippen LogP contribution in [0, 0.1) is 19.8 Å². The molecule has 1 aliphatic carbocycles. The summed E-state index contributed by atoms with van der Waals surface area (Å²) in [6.07, 6.45) is 2.82. The van der Waals surface area contributed by atoms with Crippen molar-refractivity contribution in [3.63, 3.8) is 0 Å². The smallest absolute Gasteiger partial charge is 0.257 e. The minimum Gasteiger partial charge on any atom is -0.365 e. The topological polar surface area (TPSA) is 84.2 Å². The van der Waals surface area contributed by atoms with Crippen molar-refractivity contribution in [2.45, 2.75) is 40.0 Å². The van der Waals surface area contributed by atoms with Crippen molar-refractivity contribution in [2.24, 2.45) is 11.7 Å². The van der Waals surface area contributed by atoms with E-state index in [0.717, 1.165) is 36.0 Å². The molecule has 0 bridgehead atoms. The fourth-order valence-corrected chi connectivity index (χ4v) is 5.19. The first-order valence-electron chi connectivity index (χ1n) is 8.89. The molecule has 0 saturated carbocycles. The maximum absolute atomic E-state index is 12.5. The van der Waals surface area contributed by atoms with Gasteiger partial charge in [0.2, 0.25) is 0 Å². The van der Waals surface area contributed by atoms with Crippen LogP contribution in [0.3, 0.4) is 0 Å². The van der Waals surface area contributed by atoms with Gasteiger partial charge in [-0.15, -0.1) is 11.3 Å². The zero-order valence-electron chi connectivity index (χ0n) is 15.6. The van der Waals surface area contributed by atoms with E-state index in [0.29, 0.717) is 22.0 Å². The Morgan fingerprint density at radius 2 is 1.89 bits per heavy atom. The molecule has 0 fully saturated rings. The molecule has 1 heterocycles. The van der Waals surface area contributed by atoms with E-state index < -0.39 is 5.91 Å². The lowest BCUT2D eigenvalue weighted by atomic mass is 9.88. The Morgan fingerprint density at radius 3 is 2.52 bits per heavy atom. The number of fused-ring (bicyclic) bond motifs is 1. The predicted molar refractivity (Wildman–Crippen MR) is 114 cm³/mol. The van der Waals surface area contributed by atoms with Crippen LogP contribution >= 0.6 is 23.6 Å². The third-order valence-corrected chi connectivity index (χ3v) is 6.07. The normalized spacial score (nSPS) is 15.7. The molecule has 142 valence electrons. The zero-order chi connectivity index (χ0) is 19.7. The molecule has 2 aromatic rings. The van der Waals surface area contributed by atoms with Gasteiger partial charge in [-0.05, 0) is 68.9 Å². The first-order chi connectivity index (χ1) is 12.7. The average Bonchev–Trinajstić information content (AvgIpc) is 2.90. The minimum absolute atomic E-state index is 0.160.